The summed E-state index contributed by atoms with van der Waals surface area (Å²) >= 11 is 0. The Hall–Kier alpha value is -1.49. The monoisotopic (exact) mass is 238 g/mol. The van der Waals surface area contributed by atoms with Crippen molar-refractivity contribution in [3.8, 4) is 6.07 Å². The molecule has 0 atom stereocenters. The first-order valence-corrected chi connectivity index (χ1v) is 6.20. The van der Waals surface area contributed by atoms with Gasteiger partial charge >= 0.3 is 0 Å². The lowest BCUT2D eigenvalue weighted by atomic mass is 10.2. The first-order chi connectivity index (χ1) is 7.63. The summed E-state index contributed by atoms with van der Waals surface area (Å²) in [6.45, 7) is 1.22. The number of rotatable bonds is 3. The minimum absolute atomic E-state index is 0.0654. The van der Waals surface area contributed by atoms with Gasteiger partial charge in [-0.05, 0) is 12.1 Å². The number of nitrogens with zero attached hydrogens (tertiary/aromatic N) is 2. The Morgan fingerprint density at radius 1 is 1.56 bits per heavy atom. The number of sulfonamides is 1. The van der Waals surface area contributed by atoms with Gasteiger partial charge in [0, 0.05) is 25.3 Å². The normalized spacial score (nSPS) is 16.4. The van der Waals surface area contributed by atoms with Gasteiger partial charge in [0.25, 0.3) is 0 Å². The third-order valence-electron chi connectivity index (χ3n) is 2.27. The Morgan fingerprint density at radius 3 is 2.88 bits per heavy atom. The molecule has 1 aromatic heterocycles. The van der Waals surface area contributed by atoms with Crippen LogP contribution in [0.25, 0.3) is 0 Å². The molecule has 1 fully saturated rings. The van der Waals surface area contributed by atoms with Crippen LogP contribution >= 0.6 is 0 Å². The van der Waals surface area contributed by atoms with Crippen molar-refractivity contribution in [3.05, 3.63) is 24.0 Å². The average molecular weight is 238 g/mol. The molecule has 6 nitrogen and oxygen atoms in total. The molecule has 1 aromatic rings. The summed E-state index contributed by atoms with van der Waals surface area (Å²) in [5, 5.41) is 11.7. The fraction of sp³-hybridized carbons (Fsp3) is 0.333. The Morgan fingerprint density at radius 2 is 2.31 bits per heavy atom. The topological polar surface area (TPSA) is 94.9 Å². The second-order valence-corrected chi connectivity index (χ2v) is 5.12. The van der Waals surface area contributed by atoms with Crippen molar-refractivity contribution in [2.75, 3.05) is 13.1 Å². The predicted octanol–water partition coefficient (Wildman–Crippen LogP) is -0.797. The summed E-state index contributed by atoms with van der Waals surface area (Å²) in [5.41, 5.74) is -0.0812. The zero-order valence-corrected chi connectivity index (χ0v) is 9.16. The molecule has 0 saturated carbocycles. The van der Waals surface area contributed by atoms with Gasteiger partial charge in [-0.15, -0.1) is 0 Å². The number of nitrogens with one attached hydrogen (secondary N) is 2. The lowest BCUT2D eigenvalue weighted by Crippen LogP contribution is -2.56. The van der Waals surface area contributed by atoms with E-state index < -0.39 is 10.0 Å². The van der Waals surface area contributed by atoms with Crippen LogP contribution in [0.5, 0.6) is 0 Å². The van der Waals surface area contributed by atoms with Gasteiger partial charge in [-0.1, -0.05) is 0 Å². The maximum absolute atomic E-state index is 11.9. The van der Waals surface area contributed by atoms with Crippen molar-refractivity contribution in [1.82, 2.24) is 15.0 Å². The molecule has 84 valence electrons. The molecular formula is C9H10N4O2S. The SMILES string of the molecule is N#Cc1ncccc1S(=O)(=O)NC1CNC1. The number of aromatic nitrogens is 1. The quantitative estimate of drug-likeness (QED) is 0.719. The third kappa shape index (κ3) is 2.04. The molecule has 0 unspecified atom stereocenters. The molecule has 2 rings (SSSR count). The zero-order valence-electron chi connectivity index (χ0n) is 8.34. The van der Waals surface area contributed by atoms with Crippen LogP contribution in [0.3, 0.4) is 0 Å². The highest BCUT2D eigenvalue weighted by atomic mass is 32.2. The van der Waals surface area contributed by atoms with E-state index >= 15 is 0 Å². The molecular weight excluding hydrogens is 228 g/mol. The fourth-order valence-corrected chi connectivity index (χ4v) is 2.69. The van der Waals surface area contributed by atoms with Gasteiger partial charge in [0.15, 0.2) is 5.69 Å². The van der Waals surface area contributed by atoms with Crippen molar-refractivity contribution >= 4 is 10.0 Å². The Balaban J connectivity index is 2.31. The van der Waals surface area contributed by atoms with Crippen LogP contribution in [0.2, 0.25) is 0 Å². The first kappa shape index (κ1) is 11.0. The smallest absolute Gasteiger partial charge is 0.243 e. The third-order valence-corrected chi connectivity index (χ3v) is 3.82. The van der Waals surface area contributed by atoms with Crippen molar-refractivity contribution in [3.63, 3.8) is 0 Å². The number of pyridine rings is 1. The molecule has 0 aromatic carbocycles. The molecule has 0 spiro atoms. The van der Waals surface area contributed by atoms with E-state index in [2.05, 4.69) is 15.0 Å². The van der Waals surface area contributed by atoms with Crippen LogP contribution in [0.15, 0.2) is 23.2 Å². The Kier molecular flexibility index (Phi) is 2.87. The summed E-state index contributed by atoms with van der Waals surface area (Å²) < 4.78 is 26.3. The summed E-state index contributed by atoms with van der Waals surface area (Å²) in [6.07, 6.45) is 1.39. The van der Waals surface area contributed by atoms with E-state index in [9.17, 15) is 8.42 Å². The maximum Gasteiger partial charge on any atom is 0.243 e. The summed E-state index contributed by atoms with van der Waals surface area (Å²) in [4.78, 5) is 3.65. The fourth-order valence-electron chi connectivity index (χ4n) is 1.35. The molecule has 2 N–H and O–H groups in total. The Labute approximate surface area is 93.4 Å². The van der Waals surface area contributed by atoms with Crippen molar-refractivity contribution in [2.24, 2.45) is 0 Å². The highest BCUT2D eigenvalue weighted by Crippen LogP contribution is 2.12. The summed E-state index contributed by atoms with van der Waals surface area (Å²) in [5.74, 6) is 0. The molecule has 1 saturated heterocycles. The predicted molar refractivity (Wildman–Crippen MR) is 55.9 cm³/mol. The van der Waals surface area contributed by atoms with Crippen LogP contribution in [0.4, 0.5) is 0 Å². The number of hydrogen-bond acceptors (Lipinski definition) is 5. The van der Waals surface area contributed by atoms with Crippen molar-refractivity contribution in [1.29, 1.82) is 5.26 Å². The maximum atomic E-state index is 11.9. The van der Waals surface area contributed by atoms with Gasteiger partial charge in [0.2, 0.25) is 10.0 Å². The van der Waals surface area contributed by atoms with E-state index in [1.54, 1.807) is 6.07 Å². The van der Waals surface area contributed by atoms with E-state index in [1.165, 1.54) is 18.3 Å². The van der Waals surface area contributed by atoms with Crippen LogP contribution in [0, 0.1) is 11.3 Å². The van der Waals surface area contributed by atoms with E-state index in [0.717, 1.165) is 0 Å². The van der Waals surface area contributed by atoms with Crippen LogP contribution < -0.4 is 10.0 Å². The van der Waals surface area contributed by atoms with Gasteiger partial charge in [-0.2, -0.15) is 5.26 Å². The molecule has 7 heteroatoms. The highest BCUT2D eigenvalue weighted by molar-refractivity contribution is 7.89. The van der Waals surface area contributed by atoms with E-state index in [-0.39, 0.29) is 16.6 Å². The van der Waals surface area contributed by atoms with E-state index in [0.29, 0.717) is 13.1 Å². The van der Waals surface area contributed by atoms with Crippen molar-refractivity contribution in [2.45, 2.75) is 10.9 Å². The minimum atomic E-state index is -3.64. The van der Waals surface area contributed by atoms with Crippen LogP contribution in [-0.4, -0.2) is 32.5 Å². The van der Waals surface area contributed by atoms with Crippen LogP contribution in [-0.2, 0) is 10.0 Å². The second-order valence-electron chi connectivity index (χ2n) is 3.44. The van der Waals surface area contributed by atoms with Gasteiger partial charge in [0.1, 0.15) is 11.0 Å². The largest absolute Gasteiger partial charge is 0.313 e. The minimum Gasteiger partial charge on any atom is -0.313 e. The molecule has 1 aliphatic heterocycles. The molecule has 0 aliphatic carbocycles. The second kappa shape index (κ2) is 4.17. The van der Waals surface area contributed by atoms with Gasteiger partial charge in [0.05, 0.1) is 0 Å². The van der Waals surface area contributed by atoms with E-state index in [1.807, 2.05) is 0 Å². The molecule has 0 radical (unpaired) electrons. The number of nitriles is 1. The molecule has 1 aliphatic rings. The molecule has 16 heavy (non-hydrogen) atoms. The standard InChI is InChI=1S/C9H10N4O2S/c10-4-8-9(2-1-3-12-8)16(14,15)13-7-5-11-6-7/h1-3,7,11,13H,5-6H2. The summed E-state index contributed by atoms with van der Waals surface area (Å²) in [6, 6.07) is 4.53. The highest BCUT2D eigenvalue weighted by Gasteiger charge is 2.26. The van der Waals surface area contributed by atoms with Crippen LogP contribution in [0.1, 0.15) is 5.69 Å². The zero-order chi connectivity index (χ0) is 11.6. The average Bonchev–Trinajstić information content (AvgIpc) is 2.24. The summed E-state index contributed by atoms with van der Waals surface area (Å²) in [7, 11) is -3.64. The van der Waals surface area contributed by atoms with Gasteiger partial charge in [-0.25, -0.2) is 18.1 Å². The molecule has 0 bridgehead atoms. The van der Waals surface area contributed by atoms with Gasteiger partial charge < -0.3 is 5.32 Å². The van der Waals surface area contributed by atoms with E-state index in [4.69, 9.17) is 5.26 Å². The Bertz CT molecular complexity index is 531. The molecule has 0 amide bonds. The number of hydrogen-bond donors (Lipinski definition) is 2. The van der Waals surface area contributed by atoms with Crippen molar-refractivity contribution < 1.29 is 8.42 Å². The lowest BCUT2D eigenvalue weighted by molar-refractivity contribution is 0.410. The van der Waals surface area contributed by atoms with Gasteiger partial charge in [-0.3, -0.25) is 0 Å². The lowest BCUT2D eigenvalue weighted by Gasteiger charge is -2.27. The first-order valence-electron chi connectivity index (χ1n) is 4.71. The molecule has 2 heterocycles.